The van der Waals surface area contributed by atoms with E-state index in [1.165, 1.54) is 25.7 Å². The lowest BCUT2D eigenvalue weighted by Crippen LogP contribution is -2.12. The Morgan fingerprint density at radius 3 is 2.44 bits per heavy atom. The maximum absolute atomic E-state index is 5.88. The van der Waals surface area contributed by atoms with Crippen molar-refractivity contribution in [3.63, 3.8) is 0 Å². The van der Waals surface area contributed by atoms with E-state index in [9.17, 15) is 0 Å². The van der Waals surface area contributed by atoms with E-state index in [4.69, 9.17) is 11.6 Å². The van der Waals surface area contributed by atoms with Gasteiger partial charge in [-0.05, 0) is 19.8 Å². The quantitative estimate of drug-likeness (QED) is 0.757. The lowest BCUT2D eigenvalue weighted by atomic mass is 10.0. The molecular weight excluding hydrogens is 222 g/mol. The van der Waals surface area contributed by atoms with Crippen molar-refractivity contribution in [2.45, 2.75) is 57.9 Å². The lowest BCUT2D eigenvalue weighted by molar-refractivity contribution is 0.484. The Kier molecular flexibility index (Phi) is 3.85. The number of aromatic nitrogens is 3. The molecule has 1 aliphatic carbocycles. The topological polar surface area (TPSA) is 30.7 Å². The molecule has 1 fully saturated rings. The van der Waals surface area contributed by atoms with Gasteiger partial charge in [0.25, 0.3) is 0 Å². The van der Waals surface area contributed by atoms with Crippen molar-refractivity contribution in [2.24, 2.45) is 5.92 Å². The van der Waals surface area contributed by atoms with E-state index in [0.717, 1.165) is 24.0 Å². The van der Waals surface area contributed by atoms with Crippen LogP contribution < -0.4 is 0 Å². The highest BCUT2D eigenvalue weighted by Crippen LogP contribution is 2.28. The van der Waals surface area contributed by atoms with Gasteiger partial charge < -0.3 is 4.57 Å². The zero-order valence-corrected chi connectivity index (χ0v) is 10.9. The third kappa shape index (κ3) is 2.40. The molecule has 1 aromatic heterocycles. The molecule has 16 heavy (non-hydrogen) atoms. The molecular formula is C12H20ClN3. The third-order valence-corrected chi connectivity index (χ3v) is 3.66. The second-order valence-electron chi connectivity index (χ2n) is 4.98. The van der Waals surface area contributed by atoms with Crippen LogP contribution >= 0.6 is 11.6 Å². The predicted molar refractivity (Wildman–Crippen MR) is 65.6 cm³/mol. The van der Waals surface area contributed by atoms with Gasteiger partial charge in [-0.15, -0.1) is 21.8 Å². The third-order valence-electron chi connectivity index (χ3n) is 3.42. The fourth-order valence-electron chi connectivity index (χ4n) is 2.66. The molecule has 90 valence electrons. The van der Waals surface area contributed by atoms with Gasteiger partial charge in [-0.1, -0.05) is 25.7 Å². The van der Waals surface area contributed by atoms with Gasteiger partial charge >= 0.3 is 0 Å². The van der Waals surface area contributed by atoms with Gasteiger partial charge in [0.15, 0.2) is 0 Å². The van der Waals surface area contributed by atoms with Crippen molar-refractivity contribution < 1.29 is 0 Å². The Balaban J connectivity index is 2.15. The van der Waals surface area contributed by atoms with Crippen molar-refractivity contribution >= 4 is 11.6 Å². The summed E-state index contributed by atoms with van der Waals surface area (Å²) >= 11 is 5.88. The second-order valence-corrected chi connectivity index (χ2v) is 5.25. The molecule has 0 atom stereocenters. The number of alkyl halides is 1. The highest BCUT2D eigenvalue weighted by Gasteiger charge is 2.20. The second kappa shape index (κ2) is 5.17. The van der Waals surface area contributed by atoms with E-state index in [0.29, 0.717) is 11.9 Å². The minimum absolute atomic E-state index is 0.403. The minimum Gasteiger partial charge on any atom is -0.311 e. The van der Waals surface area contributed by atoms with E-state index < -0.39 is 0 Å². The fraction of sp³-hybridized carbons (Fsp3) is 0.833. The lowest BCUT2D eigenvalue weighted by Gasteiger charge is -2.15. The van der Waals surface area contributed by atoms with Crippen molar-refractivity contribution in [2.75, 3.05) is 0 Å². The molecule has 0 radical (unpaired) electrons. The highest BCUT2D eigenvalue weighted by molar-refractivity contribution is 6.16. The molecule has 0 unspecified atom stereocenters. The highest BCUT2D eigenvalue weighted by atomic mass is 35.5. The van der Waals surface area contributed by atoms with E-state index >= 15 is 0 Å². The van der Waals surface area contributed by atoms with Crippen molar-refractivity contribution in [3.05, 3.63) is 11.6 Å². The van der Waals surface area contributed by atoms with Crippen LogP contribution in [0.25, 0.3) is 0 Å². The summed E-state index contributed by atoms with van der Waals surface area (Å²) in [5, 5.41) is 8.48. The molecule has 1 aromatic rings. The van der Waals surface area contributed by atoms with E-state index in [-0.39, 0.29) is 0 Å². The van der Waals surface area contributed by atoms with Crippen LogP contribution in [0.3, 0.4) is 0 Å². The number of nitrogens with zero attached hydrogens (tertiary/aromatic N) is 3. The molecule has 0 saturated heterocycles. The Bertz CT molecular complexity index is 340. The monoisotopic (exact) mass is 241 g/mol. The number of hydrogen-bond donors (Lipinski definition) is 0. The Morgan fingerprint density at radius 2 is 1.88 bits per heavy atom. The van der Waals surface area contributed by atoms with Crippen LogP contribution in [0.5, 0.6) is 0 Å². The average molecular weight is 242 g/mol. The first-order valence-electron chi connectivity index (χ1n) is 6.21. The molecule has 2 rings (SSSR count). The summed E-state index contributed by atoms with van der Waals surface area (Å²) in [5.74, 6) is 3.29. The van der Waals surface area contributed by atoms with Gasteiger partial charge in [-0.2, -0.15) is 0 Å². The number of hydrogen-bond acceptors (Lipinski definition) is 2. The minimum atomic E-state index is 0.403. The van der Waals surface area contributed by atoms with Crippen molar-refractivity contribution in [3.8, 4) is 0 Å². The van der Waals surface area contributed by atoms with E-state index in [1.807, 2.05) is 0 Å². The summed E-state index contributed by atoms with van der Waals surface area (Å²) in [6.45, 7) is 4.33. The Labute approximate surface area is 102 Å². The van der Waals surface area contributed by atoms with E-state index in [2.05, 4.69) is 28.6 Å². The summed E-state index contributed by atoms with van der Waals surface area (Å²) in [7, 11) is 0. The number of halogens is 1. The summed E-state index contributed by atoms with van der Waals surface area (Å²) in [6, 6.07) is 0.403. The van der Waals surface area contributed by atoms with Crippen molar-refractivity contribution in [1.82, 2.24) is 14.8 Å². The largest absolute Gasteiger partial charge is 0.311 e. The maximum atomic E-state index is 5.88. The SMILES string of the molecule is CC(C)n1c(CCl)nnc1CC1CCCC1. The summed E-state index contributed by atoms with van der Waals surface area (Å²) < 4.78 is 2.20. The van der Waals surface area contributed by atoms with E-state index in [1.54, 1.807) is 0 Å². The van der Waals surface area contributed by atoms with Crippen LogP contribution in [0.1, 0.15) is 57.2 Å². The molecule has 0 spiro atoms. The predicted octanol–water partition coefficient (Wildman–Crippen LogP) is 3.33. The molecule has 0 bridgehead atoms. The van der Waals surface area contributed by atoms with Crippen LogP contribution in [0.15, 0.2) is 0 Å². The number of rotatable bonds is 4. The smallest absolute Gasteiger partial charge is 0.148 e. The molecule has 1 heterocycles. The Hall–Kier alpha value is -0.570. The average Bonchev–Trinajstić information content (AvgIpc) is 2.87. The standard InChI is InChI=1S/C12H20ClN3/c1-9(2)16-11(14-15-12(16)8-13)7-10-5-3-4-6-10/h9-10H,3-8H2,1-2H3. The Morgan fingerprint density at radius 1 is 1.25 bits per heavy atom. The molecule has 0 aromatic carbocycles. The molecule has 0 aliphatic heterocycles. The summed E-state index contributed by atoms with van der Waals surface area (Å²) in [4.78, 5) is 0. The molecule has 0 N–H and O–H groups in total. The zero-order chi connectivity index (χ0) is 11.5. The maximum Gasteiger partial charge on any atom is 0.148 e. The molecule has 0 amide bonds. The zero-order valence-electron chi connectivity index (χ0n) is 10.1. The van der Waals surface area contributed by atoms with Gasteiger partial charge in [-0.25, -0.2) is 0 Å². The van der Waals surface area contributed by atoms with Gasteiger partial charge in [0.2, 0.25) is 0 Å². The van der Waals surface area contributed by atoms with Crippen molar-refractivity contribution in [1.29, 1.82) is 0 Å². The van der Waals surface area contributed by atoms with Gasteiger partial charge in [0, 0.05) is 12.5 Å². The van der Waals surface area contributed by atoms with Crippen LogP contribution in [0.4, 0.5) is 0 Å². The van der Waals surface area contributed by atoms with Gasteiger partial charge in [-0.3, -0.25) is 0 Å². The molecule has 4 heteroatoms. The van der Waals surface area contributed by atoms with Crippen LogP contribution in [-0.2, 0) is 12.3 Å². The first-order chi connectivity index (χ1) is 7.72. The molecule has 3 nitrogen and oxygen atoms in total. The van der Waals surface area contributed by atoms with Crippen LogP contribution in [0, 0.1) is 5.92 Å². The first-order valence-corrected chi connectivity index (χ1v) is 6.74. The first kappa shape index (κ1) is 11.9. The van der Waals surface area contributed by atoms with Crippen LogP contribution in [-0.4, -0.2) is 14.8 Å². The summed E-state index contributed by atoms with van der Waals surface area (Å²) in [5.41, 5.74) is 0. The van der Waals surface area contributed by atoms with Gasteiger partial charge in [0.1, 0.15) is 11.6 Å². The molecule has 1 aliphatic rings. The fourth-order valence-corrected chi connectivity index (χ4v) is 2.84. The normalized spacial score (nSPS) is 17.5. The van der Waals surface area contributed by atoms with Crippen LogP contribution in [0.2, 0.25) is 0 Å². The molecule has 1 saturated carbocycles. The van der Waals surface area contributed by atoms with Gasteiger partial charge in [0.05, 0.1) is 5.88 Å². The summed E-state index contributed by atoms with van der Waals surface area (Å²) in [6.07, 6.45) is 6.52.